The van der Waals surface area contributed by atoms with Gasteiger partial charge in [0, 0.05) is 23.1 Å². The lowest BCUT2D eigenvalue weighted by Crippen LogP contribution is -2.14. The highest BCUT2D eigenvalue weighted by molar-refractivity contribution is 6.08. The third-order valence-corrected chi connectivity index (χ3v) is 3.37. The Hall–Kier alpha value is -1.90. The molecule has 1 N–H and O–H groups in total. The number of nitrogens with one attached hydrogen (secondary N) is 1. The fourth-order valence-corrected chi connectivity index (χ4v) is 2.55. The van der Waals surface area contributed by atoms with E-state index in [-0.39, 0.29) is 11.3 Å². The topological polar surface area (TPSA) is 49.9 Å². The smallest absolute Gasteiger partial charge is 0.256 e. The highest BCUT2D eigenvalue weighted by Gasteiger charge is 2.19. The summed E-state index contributed by atoms with van der Waals surface area (Å²) in [6.45, 7) is 0. The lowest BCUT2D eigenvalue weighted by molar-refractivity contribution is 0.0983. The van der Waals surface area contributed by atoms with Gasteiger partial charge in [-0.15, -0.1) is 0 Å². The molecule has 3 heteroatoms. The molecule has 0 atom stereocenters. The van der Waals surface area contributed by atoms with Crippen LogP contribution in [0.15, 0.2) is 29.1 Å². The quantitative estimate of drug-likeness (QED) is 0.703. The molecule has 0 spiro atoms. The van der Waals surface area contributed by atoms with Gasteiger partial charge in [0.2, 0.25) is 0 Å². The van der Waals surface area contributed by atoms with Crippen molar-refractivity contribution < 1.29 is 4.79 Å². The summed E-state index contributed by atoms with van der Waals surface area (Å²) >= 11 is 0. The molecule has 2 aromatic rings. The number of carbonyl (C=O) groups is 1. The summed E-state index contributed by atoms with van der Waals surface area (Å²) in [6, 6.07) is 7.34. The van der Waals surface area contributed by atoms with Gasteiger partial charge in [-0.05, 0) is 30.7 Å². The van der Waals surface area contributed by atoms with Crippen LogP contribution in [-0.2, 0) is 6.42 Å². The number of ketones is 1. The fourth-order valence-electron chi connectivity index (χ4n) is 2.55. The van der Waals surface area contributed by atoms with Crippen molar-refractivity contribution >= 4 is 16.6 Å². The minimum absolute atomic E-state index is 0.0888. The predicted octanol–water partition coefficient (Wildman–Crippen LogP) is 2.44. The highest BCUT2D eigenvalue weighted by Crippen LogP contribution is 2.24. The Morgan fingerprint density at radius 2 is 1.65 bits per heavy atom. The highest BCUT2D eigenvalue weighted by atomic mass is 16.1. The van der Waals surface area contributed by atoms with Gasteiger partial charge in [0.15, 0.2) is 5.78 Å². The van der Waals surface area contributed by atoms with Crippen molar-refractivity contribution in [1.29, 1.82) is 0 Å². The Morgan fingerprint density at radius 3 is 2.47 bits per heavy atom. The van der Waals surface area contributed by atoms with Crippen LogP contribution in [-0.4, -0.2) is 10.8 Å². The molecule has 0 unspecified atom stereocenters. The van der Waals surface area contributed by atoms with Gasteiger partial charge in [-0.25, -0.2) is 0 Å². The van der Waals surface area contributed by atoms with Crippen molar-refractivity contribution in [3.05, 3.63) is 45.9 Å². The second-order valence-electron chi connectivity index (χ2n) is 4.48. The molecule has 0 aliphatic heterocycles. The van der Waals surface area contributed by atoms with Crippen LogP contribution in [0.2, 0.25) is 0 Å². The summed E-state index contributed by atoms with van der Waals surface area (Å²) in [5.41, 5.74) is 1.46. The molecule has 1 aromatic heterocycles. The van der Waals surface area contributed by atoms with Crippen LogP contribution in [0, 0.1) is 0 Å². The Kier molecular flexibility index (Phi) is 2.32. The van der Waals surface area contributed by atoms with E-state index in [1.54, 1.807) is 6.07 Å². The van der Waals surface area contributed by atoms with Gasteiger partial charge in [0.05, 0.1) is 0 Å². The number of benzene rings is 1. The van der Waals surface area contributed by atoms with E-state index >= 15 is 0 Å². The number of fused-ring (bicyclic) bond motifs is 3. The second kappa shape index (κ2) is 3.84. The Balaban J connectivity index is 2.44. The van der Waals surface area contributed by atoms with Crippen molar-refractivity contribution in [2.75, 3.05) is 0 Å². The number of pyridine rings is 1. The molecular weight excluding hydrogens is 214 g/mol. The third-order valence-electron chi connectivity index (χ3n) is 3.37. The Labute approximate surface area is 98.5 Å². The van der Waals surface area contributed by atoms with Gasteiger partial charge >= 0.3 is 0 Å². The number of hydrogen-bond acceptors (Lipinski definition) is 2. The fraction of sp³-hybridized carbons (Fsp3) is 0.286. The summed E-state index contributed by atoms with van der Waals surface area (Å²) in [6.07, 6.45) is 3.25. The van der Waals surface area contributed by atoms with Gasteiger partial charge in [0.1, 0.15) is 0 Å². The van der Waals surface area contributed by atoms with E-state index in [1.165, 1.54) is 0 Å². The summed E-state index contributed by atoms with van der Waals surface area (Å²) in [4.78, 5) is 26.9. The first kappa shape index (κ1) is 10.3. The van der Waals surface area contributed by atoms with Crippen molar-refractivity contribution in [2.45, 2.75) is 25.7 Å². The van der Waals surface area contributed by atoms with Crippen LogP contribution >= 0.6 is 0 Å². The molecule has 1 aromatic carbocycles. The van der Waals surface area contributed by atoms with E-state index in [2.05, 4.69) is 4.98 Å². The summed E-state index contributed by atoms with van der Waals surface area (Å²) < 4.78 is 0. The second-order valence-corrected chi connectivity index (χ2v) is 4.48. The zero-order valence-corrected chi connectivity index (χ0v) is 9.45. The molecule has 3 rings (SSSR count). The third kappa shape index (κ3) is 1.58. The molecule has 0 radical (unpaired) electrons. The average molecular weight is 227 g/mol. The Bertz CT molecular complexity index is 655. The van der Waals surface area contributed by atoms with E-state index in [0.29, 0.717) is 11.8 Å². The molecule has 1 heterocycles. The summed E-state index contributed by atoms with van der Waals surface area (Å²) in [5.74, 6) is 0.157. The largest absolute Gasteiger partial charge is 0.325 e. The number of Topliss-reactive ketones (excluding diaryl/α,β-unsaturated/α-hetero) is 1. The van der Waals surface area contributed by atoms with Gasteiger partial charge in [-0.2, -0.15) is 0 Å². The summed E-state index contributed by atoms with van der Waals surface area (Å²) in [5, 5.41) is 1.42. The number of H-pyrrole nitrogens is 1. The number of aromatic nitrogens is 1. The van der Waals surface area contributed by atoms with E-state index in [9.17, 15) is 9.59 Å². The first-order chi connectivity index (χ1) is 8.27. The lowest BCUT2D eigenvalue weighted by atomic mass is 10.00. The van der Waals surface area contributed by atoms with Crippen molar-refractivity contribution in [3.63, 3.8) is 0 Å². The summed E-state index contributed by atoms with van der Waals surface area (Å²) in [7, 11) is 0. The van der Waals surface area contributed by atoms with Gasteiger partial charge < -0.3 is 4.98 Å². The van der Waals surface area contributed by atoms with Crippen LogP contribution in [0.25, 0.3) is 10.8 Å². The van der Waals surface area contributed by atoms with Crippen LogP contribution in [0.5, 0.6) is 0 Å². The molecule has 0 saturated carbocycles. The number of carbonyl (C=O) groups excluding carboxylic acids is 1. The predicted molar refractivity (Wildman–Crippen MR) is 66.5 cm³/mol. The molecule has 0 amide bonds. The van der Waals surface area contributed by atoms with Crippen molar-refractivity contribution in [2.24, 2.45) is 0 Å². The monoisotopic (exact) mass is 227 g/mol. The normalized spacial score (nSPS) is 15.6. The molecule has 1 aliphatic rings. The zero-order chi connectivity index (χ0) is 11.8. The molecule has 1 aliphatic carbocycles. The van der Waals surface area contributed by atoms with Crippen LogP contribution < -0.4 is 5.56 Å². The van der Waals surface area contributed by atoms with Crippen LogP contribution in [0.4, 0.5) is 0 Å². The Morgan fingerprint density at radius 1 is 0.941 bits per heavy atom. The van der Waals surface area contributed by atoms with Crippen molar-refractivity contribution in [3.8, 4) is 0 Å². The lowest BCUT2D eigenvalue weighted by Gasteiger charge is -2.08. The average Bonchev–Trinajstić information content (AvgIpc) is 2.52. The number of hydrogen-bond donors (Lipinski definition) is 1. The maximum atomic E-state index is 12.1. The molecule has 86 valence electrons. The molecular formula is C14H13NO2. The van der Waals surface area contributed by atoms with E-state index in [4.69, 9.17) is 0 Å². The van der Waals surface area contributed by atoms with Crippen LogP contribution in [0.1, 0.15) is 35.3 Å². The van der Waals surface area contributed by atoms with Gasteiger partial charge in [0.25, 0.3) is 5.56 Å². The number of aryl methyl sites for hydroxylation is 1. The first-order valence-electron chi connectivity index (χ1n) is 5.94. The number of rotatable bonds is 0. The van der Waals surface area contributed by atoms with E-state index < -0.39 is 0 Å². The number of aromatic amines is 1. The van der Waals surface area contributed by atoms with Crippen molar-refractivity contribution in [1.82, 2.24) is 4.98 Å². The standard InChI is InChI=1S/C14H13NO2/c16-12-8-4-3-7-11-13(12)9-5-1-2-6-10(9)14(17)15-11/h1-2,5-6H,3-4,7-8H2,(H,15,17). The van der Waals surface area contributed by atoms with Crippen LogP contribution in [0.3, 0.4) is 0 Å². The first-order valence-corrected chi connectivity index (χ1v) is 5.94. The SMILES string of the molecule is O=C1CCCCc2[nH]c(=O)c3ccccc3c21. The molecule has 0 fully saturated rings. The van der Waals surface area contributed by atoms with Gasteiger partial charge in [-0.3, -0.25) is 9.59 Å². The minimum Gasteiger partial charge on any atom is -0.325 e. The maximum absolute atomic E-state index is 12.1. The molecule has 17 heavy (non-hydrogen) atoms. The minimum atomic E-state index is -0.0888. The van der Waals surface area contributed by atoms with E-state index in [1.807, 2.05) is 18.2 Å². The van der Waals surface area contributed by atoms with Gasteiger partial charge in [-0.1, -0.05) is 18.2 Å². The zero-order valence-electron chi connectivity index (χ0n) is 9.45. The van der Waals surface area contributed by atoms with E-state index in [0.717, 1.165) is 35.9 Å². The molecule has 3 nitrogen and oxygen atoms in total. The molecule has 0 saturated heterocycles. The molecule has 0 bridgehead atoms. The maximum Gasteiger partial charge on any atom is 0.256 e.